The maximum atomic E-state index is 4.42. The van der Waals surface area contributed by atoms with Crippen molar-refractivity contribution in [2.24, 2.45) is 0 Å². The zero-order chi connectivity index (χ0) is 14.5. The van der Waals surface area contributed by atoms with Crippen LogP contribution in [0.1, 0.15) is 0 Å². The van der Waals surface area contributed by atoms with Crippen molar-refractivity contribution in [2.45, 2.75) is 12.3 Å². The Balaban J connectivity index is 2.15. The van der Waals surface area contributed by atoms with Gasteiger partial charge in [0, 0.05) is 49.2 Å². The Labute approximate surface area is 144 Å². The van der Waals surface area contributed by atoms with Crippen LogP contribution in [-0.2, 0) is 0 Å². The lowest BCUT2D eigenvalue weighted by Gasteiger charge is -2.29. The van der Waals surface area contributed by atoms with E-state index in [1.54, 1.807) is 0 Å². The summed E-state index contributed by atoms with van der Waals surface area (Å²) >= 11 is 17.7. The van der Waals surface area contributed by atoms with Crippen molar-refractivity contribution in [1.82, 2.24) is 19.6 Å². The van der Waals surface area contributed by atoms with E-state index in [4.69, 9.17) is 0 Å². The molecule has 0 aromatic heterocycles. The Morgan fingerprint density at radius 2 is 0.800 bits per heavy atom. The first-order valence-electron chi connectivity index (χ1n) is 7.16. The van der Waals surface area contributed by atoms with Crippen LogP contribution in [0.4, 0.5) is 0 Å². The van der Waals surface area contributed by atoms with Crippen LogP contribution in [0, 0.1) is 0 Å². The van der Waals surface area contributed by atoms with Gasteiger partial charge in [0.25, 0.3) is 0 Å². The lowest BCUT2D eigenvalue weighted by molar-refractivity contribution is 0.0958. The highest BCUT2D eigenvalue weighted by molar-refractivity contribution is 7.80. The fourth-order valence-corrected chi connectivity index (χ4v) is 4.37. The van der Waals surface area contributed by atoms with E-state index in [2.05, 4.69) is 70.1 Å². The first-order chi connectivity index (χ1) is 9.76. The molecular weight excluding hydrogens is 328 g/mol. The van der Waals surface area contributed by atoms with Gasteiger partial charge in [-0.3, -0.25) is 19.6 Å². The van der Waals surface area contributed by atoms with Gasteiger partial charge < -0.3 is 0 Å². The van der Waals surface area contributed by atoms with Crippen molar-refractivity contribution in [3.8, 4) is 0 Å². The molecule has 2 rings (SSSR count). The van der Waals surface area contributed by atoms with Crippen molar-refractivity contribution in [3.05, 3.63) is 0 Å². The zero-order valence-electron chi connectivity index (χ0n) is 11.8. The summed E-state index contributed by atoms with van der Waals surface area (Å²) in [5, 5.41) is 0. The minimum atomic E-state index is 0.467. The molecule has 118 valence electrons. The van der Waals surface area contributed by atoms with Crippen LogP contribution >= 0.6 is 50.5 Å². The zero-order valence-corrected chi connectivity index (χ0v) is 15.4. The minimum absolute atomic E-state index is 0.467. The molecule has 0 aliphatic carbocycles. The molecule has 0 unspecified atom stereocenters. The van der Waals surface area contributed by atoms with Crippen LogP contribution in [0.3, 0.4) is 0 Å². The third-order valence-electron chi connectivity index (χ3n) is 4.04. The molecule has 20 heavy (non-hydrogen) atoms. The van der Waals surface area contributed by atoms with E-state index in [0.29, 0.717) is 12.3 Å². The topological polar surface area (TPSA) is 13.0 Å². The summed E-state index contributed by atoms with van der Waals surface area (Å²) in [4.78, 5) is 10.2. The van der Waals surface area contributed by atoms with Gasteiger partial charge in [-0.15, -0.1) is 0 Å². The summed E-state index contributed by atoms with van der Waals surface area (Å²) in [5.41, 5.74) is 0. The molecule has 0 aromatic rings. The average molecular weight is 355 g/mol. The molecular formula is C12H26N4S4. The Hall–Kier alpha value is 1.24. The quantitative estimate of drug-likeness (QED) is 0.474. The molecule has 0 bridgehead atoms. The Bertz CT molecular complexity index is 245. The third kappa shape index (κ3) is 3.76. The monoisotopic (exact) mass is 354 g/mol. The Morgan fingerprint density at radius 3 is 1.00 bits per heavy atom. The van der Waals surface area contributed by atoms with Crippen molar-refractivity contribution < 1.29 is 0 Å². The SMILES string of the molecule is SCCN1CN(CCS)C2C1N(CCS)CN2CCS. The number of nitrogens with zero attached hydrogens (tertiary/aromatic N) is 4. The van der Waals surface area contributed by atoms with E-state index in [9.17, 15) is 0 Å². The average Bonchev–Trinajstić information content (AvgIpc) is 2.93. The summed E-state index contributed by atoms with van der Waals surface area (Å²) in [6, 6.07) is 0. The lowest BCUT2D eigenvalue weighted by Crippen LogP contribution is -2.47. The lowest BCUT2D eigenvalue weighted by atomic mass is 10.3. The van der Waals surface area contributed by atoms with Crippen molar-refractivity contribution in [3.63, 3.8) is 0 Å². The van der Waals surface area contributed by atoms with Gasteiger partial charge in [0.2, 0.25) is 0 Å². The van der Waals surface area contributed by atoms with E-state index >= 15 is 0 Å². The van der Waals surface area contributed by atoms with E-state index in [1.165, 1.54) is 0 Å². The van der Waals surface area contributed by atoms with Gasteiger partial charge >= 0.3 is 0 Å². The fourth-order valence-electron chi connectivity index (χ4n) is 3.34. The van der Waals surface area contributed by atoms with Crippen molar-refractivity contribution in [1.29, 1.82) is 0 Å². The Kier molecular flexibility index (Phi) is 7.71. The molecule has 0 saturated carbocycles. The van der Waals surface area contributed by atoms with E-state index in [-0.39, 0.29) is 0 Å². The van der Waals surface area contributed by atoms with E-state index in [1.807, 2.05) is 0 Å². The molecule has 0 amide bonds. The van der Waals surface area contributed by atoms with Gasteiger partial charge in [-0.05, 0) is 0 Å². The number of thiol groups is 4. The minimum Gasteiger partial charge on any atom is -0.271 e. The molecule has 4 nitrogen and oxygen atoms in total. The summed E-state index contributed by atoms with van der Waals surface area (Å²) in [6.07, 6.45) is 0.933. The highest BCUT2D eigenvalue weighted by atomic mass is 32.1. The van der Waals surface area contributed by atoms with Gasteiger partial charge in [-0.2, -0.15) is 50.5 Å². The molecule has 2 aliphatic rings. The number of hydrogen-bond acceptors (Lipinski definition) is 8. The predicted molar refractivity (Wildman–Crippen MR) is 99.5 cm³/mol. The van der Waals surface area contributed by atoms with E-state index in [0.717, 1.165) is 62.5 Å². The van der Waals surface area contributed by atoms with Crippen molar-refractivity contribution in [2.75, 3.05) is 62.5 Å². The van der Waals surface area contributed by atoms with E-state index < -0.39 is 0 Å². The fraction of sp³-hybridized carbons (Fsp3) is 1.00. The molecule has 0 N–H and O–H groups in total. The van der Waals surface area contributed by atoms with Gasteiger partial charge in [0.05, 0.1) is 25.7 Å². The van der Waals surface area contributed by atoms with Crippen molar-refractivity contribution >= 4 is 50.5 Å². The second-order valence-electron chi connectivity index (χ2n) is 5.25. The molecule has 0 aromatic carbocycles. The highest BCUT2D eigenvalue weighted by Crippen LogP contribution is 2.32. The normalized spacial score (nSPS) is 29.4. The molecule has 8 heteroatoms. The molecule has 2 fully saturated rings. The first-order valence-corrected chi connectivity index (χ1v) is 9.69. The van der Waals surface area contributed by atoms with Gasteiger partial charge in [-0.1, -0.05) is 0 Å². The maximum Gasteiger partial charge on any atom is 0.0943 e. The standard InChI is InChI=1S/C12H26N4S4/c17-5-1-13-9-14(2-6-18)12-11(13)15(3-7-19)10-16(12)4-8-20/h11-12,17-20H,1-10H2. The maximum absolute atomic E-state index is 4.42. The number of rotatable bonds is 8. The second-order valence-corrected chi connectivity index (χ2v) is 7.04. The van der Waals surface area contributed by atoms with Gasteiger partial charge in [-0.25, -0.2) is 0 Å². The Morgan fingerprint density at radius 1 is 0.550 bits per heavy atom. The first kappa shape index (κ1) is 17.6. The molecule has 2 heterocycles. The predicted octanol–water partition coefficient (Wildman–Crippen LogP) is 0.508. The molecule has 2 aliphatic heterocycles. The smallest absolute Gasteiger partial charge is 0.0943 e. The van der Waals surface area contributed by atoms with Crippen LogP contribution in [0.2, 0.25) is 0 Å². The van der Waals surface area contributed by atoms with Crippen LogP contribution in [0.5, 0.6) is 0 Å². The largest absolute Gasteiger partial charge is 0.271 e. The number of fused-ring (bicyclic) bond motifs is 1. The van der Waals surface area contributed by atoms with Crippen LogP contribution in [0.25, 0.3) is 0 Å². The van der Waals surface area contributed by atoms with Gasteiger partial charge in [0.15, 0.2) is 0 Å². The molecule has 0 spiro atoms. The highest BCUT2D eigenvalue weighted by Gasteiger charge is 2.50. The van der Waals surface area contributed by atoms with Gasteiger partial charge in [0.1, 0.15) is 0 Å². The van der Waals surface area contributed by atoms with Crippen LogP contribution < -0.4 is 0 Å². The summed E-state index contributed by atoms with van der Waals surface area (Å²) in [5.74, 6) is 3.61. The second kappa shape index (κ2) is 8.76. The molecule has 0 radical (unpaired) electrons. The van der Waals surface area contributed by atoms with Crippen LogP contribution in [-0.4, -0.2) is 94.5 Å². The van der Waals surface area contributed by atoms with Crippen LogP contribution in [0.15, 0.2) is 0 Å². The summed E-state index contributed by atoms with van der Waals surface area (Å²) < 4.78 is 0. The number of hydrogen-bond donors (Lipinski definition) is 4. The summed E-state index contributed by atoms with van der Waals surface area (Å²) in [7, 11) is 0. The molecule has 0 atom stereocenters. The summed E-state index contributed by atoms with van der Waals surface area (Å²) in [6.45, 7) is 6.16. The third-order valence-corrected chi connectivity index (χ3v) is 4.84. The molecule has 2 saturated heterocycles.